The van der Waals surface area contributed by atoms with Crippen molar-refractivity contribution in [2.75, 3.05) is 20.1 Å². The van der Waals surface area contributed by atoms with E-state index in [0.717, 1.165) is 12.8 Å². The minimum atomic E-state index is -1.01. The van der Waals surface area contributed by atoms with Gasteiger partial charge in [0.15, 0.2) is 0 Å². The van der Waals surface area contributed by atoms with Crippen LogP contribution in [0.1, 0.15) is 26.2 Å². The Morgan fingerprint density at radius 1 is 1.45 bits per heavy atom. The first kappa shape index (κ1) is 14.6. The first-order chi connectivity index (χ1) is 9.40. The van der Waals surface area contributed by atoms with Crippen molar-refractivity contribution >= 4 is 17.9 Å². The van der Waals surface area contributed by atoms with Crippen LogP contribution in [0, 0.1) is 5.92 Å². The number of carboxylic acids is 1. The summed E-state index contributed by atoms with van der Waals surface area (Å²) in [7, 11) is 1.51. The van der Waals surface area contributed by atoms with E-state index in [-0.39, 0.29) is 23.9 Å². The smallest absolute Gasteiger partial charge is 0.326 e. The second kappa shape index (κ2) is 5.68. The number of fused-ring (bicyclic) bond motifs is 1. The Morgan fingerprint density at radius 3 is 2.80 bits per heavy atom. The van der Waals surface area contributed by atoms with Crippen LogP contribution in [0.5, 0.6) is 0 Å². The van der Waals surface area contributed by atoms with Crippen LogP contribution in [0.3, 0.4) is 0 Å². The Labute approximate surface area is 117 Å². The maximum absolute atomic E-state index is 12.3. The summed E-state index contributed by atoms with van der Waals surface area (Å²) in [6, 6.07) is -0.941. The summed E-state index contributed by atoms with van der Waals surface area (Å²) in [6.45, 7) is 2.63. The molecule has 3 amide bonds. The van der Waals surface area contributed by atoms with E-state index in [4.69, 9.17) is 5.11 Å². The molecule has 2 saturated heterocycles. The summed E-state index contributed by atoms with van der Waals surface area (Å²) in [5.41, 5.74) is 0. The fourth-order valence-corrected chi connectivity index (χ4v) is 2.84. The number of piperidine rings is 2. The summed E-state index contributed by atoms with van der Waals surface area (Å²) in [6.07, 6.45) is 2.03. The lowest BCUT2D eigenvalue weighted by Gasteiger charge is -2.42. The topological polar surface area (TPSA) is 89.9 Å². The molecule has 0 aromatic heterocycles. The van der Waals surface area contributed by atoms with Gasteiger partial charge >= 0.3 is 12.0 Å². The third kappa shape index (κ3) is 2.86. The molecule has 2 aliphatic rings. The van der Waals surface area contributed by atoms with Gasteiger partial charge in [-0.3, -0.25) is 4.79 Å². The van der Waals surface area contributed by atoms with Crippen molar-refractivity contribution in [3.05, 3.63) is 0 Å². The van der Waals surface area contributed by atoms with Crippen molar-refractivity contribution in [1.29, 1.82) is 0 Å². The number of amides is 3. The van der Waals surface area contributed by atoms with E-state index in [2.05, 4.69) is 5.32 Å². The SMILES string of the molecule is CC(C(=O)O)N(C)C(=O)N1CCC2NC(=O)CCC2C1. The molecule has 7 nitrogen and oxygen atoms in total. The number of urea groups is 1. The molecule has 0 spiro atoms. The van der Waals surface area contributed by atoms with Crippen LogP contribution < -0.4 is 5.32 Å². The van der Waals surface area contributed by atoms with Crippen molar-refractivity contribution in [3.8, 4) is 0 Å². The molecule has 2 fully saturated rings. The average molecular weight is 283 g/mol. The van der Waals surface area contributed by atoms with Gasteiger partial charge in [0, 0.05) is 32.6 Å². The van der Waals surface area contributed by atoms with E-state index in [9.17, 15) is 14.4 Å². The molecule has 0 saturated carbocycles. The molecule has 0 aromatic carbocycles. The largest absolute Gasteiger partial charge is 0.480 e. The minimum absolute atomic E-state index is 0.0858. The first-order valence-corrected chi connectivity index (χ1v) is 6.94. The Bertz CT molecular complexity index is 426. The van der Waals surface area contributed by atoms with Crippen molar-refractivity contribution in [2.24, 2.45) is 5.92 Å². The van der Waals surface area contributed by atoms with Gasteiger partial charge in [0.05, 0.1) is 0 Å². The molecule has 20 heavy (non-hydrogen) atoms. The molecule has 2 heterocycles. The summed E-state index contributed by atoms with van der Waals surface area (Å²) < 4.78 is 0. The zero-order valence-corrected chi connectivity index (χ0v) is 11.8. The number of nitrogens with one attached hydrogen (secondary N) is 1. The second-order valence-electron chi connectivity index (χ2n) is 5.62. The van der Waals surface area contributed by atoms with E-state index in [1.54, 1.807) is 4.90 Å². The Hall–Kier alpha value is -1.79. The molecule has 112 valence electrons. The number of hydrogen-bond donors (Lipinski definition) is 2. The number of likely N-dealkylation sites (tertiary alicyclic amines) is 1. The highest BCUT2D eigenvalue weighted by Gasteiger charge is 2.37. The van der Waals surface area contributed by atoms with Gasteiger partial charge in [-0.2, -0.15) is 0 Å². The van der Waals surface area contributed by atoms with E-state index < -0.39 is 12.0 Å². The molecule has 2 rings (SSSR count). The van der Waals surface area contributed by atoms with E-state index in [1.807, 2.05) is 0 Å². The lowest BCUT2D eigenvalue weighted by molar-refractivity contribution is -0.141. The molecular weight excluding hydrogens is 262 g/mol. The molecule has 0 bridgehead atoms. The predicted molar refractivity (Wildman–Crippen MR) is 71.1 cm³/mol. The van der Waals surface area contributed by atoms with Gasteiger partial charge in [0.25, 0.3) is 0 Å². The van der Waals surface area contributed by atoms with Gasteiger partial charge < -0.3 is 20.2 Å². The molecule has 0 aromatic rings. The lowest BCUT2D eigenvalue weighted by atomic mass is 9.85. The van der Waals surface area contributed by atoms with Gasteiger partial charge in [-0.15, -0.1) is 0 Å². The van der Waals surface area contributed by atoms with Crippen molar-refractivity contribution in [1.82, 2.24) is 15.1 Å². The summed E-state index contributed by atoms with van der Waals surface area (Å²) >= 11 is 0. The van der Waals surface area contributed by atoms with Gasteiger partial charge in [0.2, 0.25) is 5.91 Å². The normalized spacial score (nSPS) is 27.3. The predicted octanol–water partition coefficient (Wildman–Crippen LogP) is 0.112. The highest BCUT2D eigenvalue weighted by atomic mass is 16.4. The lowest BCUT2D eigenvalue weighted by Crippen LogP contribution is -2.57. The van der Waals surface area contributed by atoms with Crippen LogP contribution in [-0.4, -0.2) is 65.0 Å². The van der Waals surface area contributed by atoms with Crippen LogP contribution in [0.2, 0.25) is 0 Å². The molecule has 3 atom stereocenters. The monoisotopic (exact) mass is 283 g/mol. The summed E-state index contributed by atoms with van der Waals surface area (Å²) in [5.74, 6) is -0.651. The van der Waals surface area contributed by atoms with Gasteiger partial charge in [-0.1, -0.05) is 0 Å². The van der Waals surface area contributed by atoms with Crippen molar-refractivity contribution in [2.45, 2.75) is 38.3 Å². The maximum Gasteiger partial charge on any atom is 0.326 e. The van der Waals surface area contributed by atoms with Crippen LogP contribution in [0.25, 0.3) is 0 Å². The quantitative estimate of drug-likeness (QED) is 0.752. The van der Waals surface area contributed by atoms with E-state index in [0.29, 0.717) is 19.5 Å². The van der Waals surface area contributed by atoms with E-state index >= 15 is 0 Å². The summed E-state index contributed by atoms with van der Waals surface area (Å²) in [4.78, 5) is 37.5. The number of nitrogens with zero attached hydrogens (tertiary/aromatic N) is 2. The fraction of sp³-hybridized carbons (Fsp3) is 0.769. The minimum Gasteiger partial charge on any atom is -0.480 e. The average Bonchev–Trinajstić information content (AvgIpc) is 2.44. The van der Waals surface area contributed by atoms with Gasteiger partial charge in [-0.25, -0.2) is 9.59 Å². The number of aliphatic carboxylic acids is 1. The molecule has 2 N–H and O–H groups in total. The molecule has 7 heteroatoms. The molecule has 0 aliphatic carbocycles. The van der Waals surface area contributed by atoms with Crippen molar-refractivity contribution < 1.29 is 19.5 Å². The molecular formula is C13H21N3O4. The Kier molecular flexibility index (Phi) is 4.15. The van der Waals surface area contributed by atoms with Crippen LogP contribution in [0.15, 0.2) is 0 Å². The summed E-state index contributed by atoms with van der Waals surface area (Å²) in [5, 5.41) is 11.9. The van der Waals surface area contributed by atoms with E-state index in [1.165, 1.54) is 18.9 Å². The number of carbonyl (C=O) groups is 3. The zero-order valence-electron chi connectivity index (χ0n) is 11.8. The number of carbonyl (C=O) groups excluding carboxylic acids is 2. The maximum atomic E-state index is 12.3. The number of likely N-dealkylation sites (N-methyl/N-ethyl adjacent to an activating group) is 1. The van der Waals surface area contributed by atoms with Crippen LogP contribution in [0.4, 0.5) is 4.79 Å². The molecule has 0 radical (unpaired) electrons. The highest BCUT2D eigenvalue weighted by molar-refractivity contribution is 5.82. The third-order valence-electron chi connectivity index (χ3n) is 4.33. The number of carboxylic acid groups (broad SMARTS) is 1. The third-order valence-corrected chi connectivity index (χ3v) is 4.33. The standard InChI is InChI=1S/C13H21N3O4/c1-8(12(18)19)15(2)13(20)16-6-5-10-9(7-16)3-4-11(17)14-10/h8-10H,3-7H2,1-2H3,(H,14,17)(H,18,19). The van der Waals surface area contributed by atoms with Crippen LogP contribution >= 0.6 is 0 Å². The number of rotatable bonds is 2. The Balaban J connectivity index is 1.96. The first-order valence-electron chi connectivity index (χ1n) is 6.94. The highest BCUT2D eigenvalue weighted by Crippen LogP contribution is 2.26. The van der Waals surface area contributed by atoms with Gasteiger partial charge in [-0.05, 0) is 25.7 Å². The molecule has 3 unspecified atom stereocenters. The van der Waals surface area contributed by atoms with Gasteiger partial charge in [0.1, 0.15) is 6.04 Å². The second-order valence-corrected chi connectivity index (χ2v) is 5.62. The Morgan fingerprint density at radius 2 is 2.15 bits per heavy atom. The van der Waals surface area contributed by atoms with Crippen LogP contribution in [-0.2, 0) is 9.59 Å². The van der Waals surface area contributed by atoms with Crippen molar-refractivity contribution in [3.63, 3.8) is 0 Å². The zero-order chi connectivity index (χ0) is 14.9. The number of hydrogen-bond acceptors (Lipinski definition) is 3. The fourth-order valence-electron chi connectivity index (χ4n) is 2.84. The molecule has 2 aliphatic heterocycles.